The topological polar surface area (TPSA) is 93.2 Å². The first-order chi connectivity index (χ1) is 22.2. The van der Waals surface area contributed by atoms with E-state index in [2.05, 4.69) is 0 Å². The molecule has 0 radical (unpaired) electrons. The van der Waals surface area contributed by atoms with Crippen LogP contribution in [0.15, 0.2) is 97.1 Å². The number of benzene rings is 5. The van der Waals surface area contributed by atoms with Gasteiger partial charge in [-0.25, -0.2) is 9.80 Å². The second-order valence-corrected chi connectivity index (χ2v) is 11.3. The molecule has 0 spiro atoms. The maximum absolute atomic E-state index is 13.8. The Kier molecular flexibility index (Phi) is 6.78. The lowest BCUT2D eigenvalue weighted by Gasteiger charge is -2.23. The van der Waals surface area contributed by atoms with E-state index in [4.69, 9.17) is 9.47 Å². The molecule has 4 amide bonds. The minimum Gasteiger partial charge on any atom is -0.494 e. The Labute approximate surface area is 265 Å². The fourth-order valence-corrected chi connectivity index (χ4v) is 6.00. The van der Waals surface area contributed by atoms with E-state index in [1.807, 2.05) is 74.5 Å². The molecule has 0 unspecified atom stereocenters. The van der Waals surface area contributed by atoms with E-state index in [9.17, 15) is 19.2 Å². The average Bonchev–Trinajstić information content (AvgIpc) is 3.47. The summed E-state index contributed by atoms with van der Waals surface area (Å²) in [5.74, 6) is -1.92. The van der Waals surface area contributed by atoms with Gasteiger partial charge in [0.1, 0.15) is 17.2 Å². The van der Waals surface area contributed by atoms with Crippen molar-refractivity contribution in [3.8, 4) is 33.8 Å². The van der Waals surface area contributed by atoms with Crippen LogP contribution in [0.5, 0.6) is 11.5 Å². The molecule has 8 heteroatoms. The molecule has 0 N–H and O–H groups in total. The van der Waals surface area contributed by atoms with Crippen molar-refractivity contribution in [3.05, 3.63) is 130 Å². The molecule has 0 fully saturated rings. The highest BCUT2D eigenvalue weighted by molar-refractivity contribution is 6.37. The molecule has 0 aromatic heterocycles. The summed E-state index contributed by atoms with van der Waals surface area (Å²) in [5, 5.41) is 0. The molecule has 7 rings (SSSR count). The third-order valence-electron chi connectivity index (χ3n) is 8.49. The first-order valence-electron chi connectivity index (χ1n) is 14.7. The van der Waals surface area contributed by atoms with Crippen LogP contribution in [0.1, 0.15) is 52.6 Å². The average molecular weight is 609 g/mol. The standard InChI is InChI=1S/C38H28N2O6/c1-21-5-9-23(10-6-21)25-13-15-28-30(17-25)37(43)39(35(28)41)27-19-32(45-3)34(33(20-27)46-4)40-36(42)29-16-14-26(18-31(29)38(40)44)24-11-7-22(2)8-12-24/h5-20H,1-4H3. The van der Waals surface area contributed by atoms with Crippen molar-refractivity contribution in [2.75, 3.05) is 24.0 Å². The van der Waals surface area contributed by atoms with Crippen molar-refractivity contribution in [1.29, 1.82) is 0 Å². The van der Waals surface area contributed by atoms with E-state index in [1.165, 1.54) is 26.4 Å². The Morgan fingerprint density at radius 1 is 0.435 bits per heavy atom. The lowest BCUT2D eigenvalue weighted by atomic mass is 9.99. The highest BCUT2D eigenvalue weighted by atomic mass is 16.5. The first-order valence-corrected chi connectivity index (χ1v) is 14.7. The van der Waals surface area contributed by atoms with Crippen LogP contribution in [0.3, 0.4) is 0 Å². The molecule has 226 valence electrons. The number of nitrogens with zero attached hydrogens (tertiary/aromatic N) is 2. The van der Waals surface area contributed by atoms with E-state index in [-0.39, 0.29) is 45.1 Å². The van der Waals surface area contributed by atoms with Crippen LogP contribution >= 0.6 is 0 Å². The number of hydrogen-bond acceptors (Lipinski definition) is 6. The monoisotopic (exact) mass is 608 g/mol. The number of anilines is 2. The molecule has 2 aliphatic rings. The number of carbonyl (C=O) groups excluding carboxylic acids is 4. The predicted molar refractivity (Wildman–Crippen MR) is 175 cm³/mol. The summed E-state index contributed by atoms with van der Waals surface area (Å²) in [6, 6.07) is 29.0. The summed E-state index contributed by atoms with van der Waals surface area (Å²) in [7, 11) is 2.76. The molecular weight excluding hydrogens is 580 g/mol. The first kappa shape index (κ1) is 28.7. The van der Waals surface area contributed by atoms with Gasteiger partial charge < -0.3 is 9.47 Å². The Morgan fingerprint density at radius 3 is 1.24 bits per heavy atom. The Bertz CT molecular complexity index is 2090. The van der Waals surface area contributed by atoms with Crippen molar-refractivity contribution in [2.45, 2.75) is 13.8 Å². The summed E-state index contributed by atoms with van der Waals surface area (Å²) in [4.78, 5) is 56.8. The third kappa shape index (κ3) is 4.45. The van der Waals surface area contributed by atoms with Crippen LogP contribution in [0.2, 0.25) is 0 Å². The summed E-state index contributed by atoms with van der Waals surface area (Å²) in [6.45, 7) is 3.99. The number of aryl methyl sites for hydroxylation is 2. The molecule has 8 nitrogen and oxygen atoms in total. The lowest BCUT2D eigenvalue weighted by molar-refractivity contribution is 0.0908. The number of hydrogen-bond donors (Lipinski definition) is 0. The second-order valence-electron chi connectivity index (χ2n) is 11.3. The van der Waals surface area contributed by atoms with E-state index < -0.39 is 23.6 Å². The molecule has 5 aromatic carbocycles. The van der Waals surface area contributed by atoms with Crippen LogP contribution in [-0.2, 0) is 0 Å². The molecule has 0 saturated heterocycles. The van der Waals surface area contributed by atoms with Gasteiger partial charge in [0.25, 0.3) is 23.6 Å². The molecule has 2 aliphatic heterocycles. The summed E-state index contributed by atoms with van der Waals surface area (Å²) in [5.41, 5.74) is 6.97. The zero-order chi connectivity index (χ0) is 32.3. The van der Waals surface area contributed by atoms with Gasteiger partial charge in [-0.1, -0.05) is 71.8 Å². The molecule has 0 atom stereocenters. The Morgan fingerprint density at radius 2 is 0.804 bits per heavy atom. The summed E-state index contributed by atoms with van der Waals surface area (Å²) >= 11 is 0. The van der Waals surface area contributed by atoms with Crippen molar-refractivity contribution in [2.24, 2.45) is 0 Å². The van der Waals surface area contributed by atoms with Crippen LogP contribution < -0.4 is 19.3 Å². The van der Waals surface area contributed by atoms with Crippen LogP contribution in [0.25, 0.3) is 22.3 Å². The van der Waals surface area contributed by atoms with Gasteiger partial charge in [0.2, 0.25) is 0 Å². The maximum atomic E-state index is 13.8. The largest absolute Gasteiger partial charge is 0.494 e. The number of amides is 4. The highest BCUT2D eigenvalue weighted by Crippen LogP contribution is 2.46. The van der Waals surface area contributed by atoms with Gasteiger partial charge in [-0.15, -0.1) is 0 Å². The van der Waals surface area contributed by atoms with Crippen LogP contribution in [0, 0.1) is 13.8 Å². The van der Waals surface area contributed by atoms with E-state index in [0.29, 0.717) is 0 Å². The molecule has 0 aliphatic carbocycles. The molecule has 0 bridgehead atoms. The zero-order valence-electron chi connectivity index (χ0n) is 25.6. The van der Waals surface area contributed by atoms with Crippen LogP contribution in [-0.4, -0.2) is 37.8 Å². The number of ether oxygens (including phenoxy) is 2. The maximum Gasteiger partial charge on any atom is 0.266 e. The number of rotatable bonds is 6. The van der Waals surface area contributed by atoms with Crippen LogP contribution in [0.4, 0.5) is 11.4 Å². The minimum atomic E-state index is -0.539. The van der Waals surface area contributed by atoms with Crippen molar-refractivity contribution < 1.29 is 28.7 Å². The van der Waals surface area contributed by atoms with Gasteiger partial charge >= 0.3 is 0 Å². The van der Waals surface area contributed by atoms with Gasteiger partial charge in [0, 0.05) is 12.1 Å². The predicted octanol–water partition coefficient (Wildman–Crippen LogP) is 7.26. The minimum absolute atomic E-state index is 0.0788. The van der Waals surface area contributed by atoms with Gasteiger partial charge in [-0.2, -0.15) is 0 Å². The van der Waals surface area contributed by atoms with Crippen molar-refractivity contribution in [3.63, 3.8) is 0 Å². The second kappa shape index (κ2) is 10.9. The molecule has 5 aromatic rings. The van der Waals surface area contributed by atoms with Gasteiger partial charge in [0.15, 0.2) is 0 Å². The number of carbonyl (C=O) groups is 4. The third-order valence-corrected chi connectivity index (χ3v) is 8.49. The summed E-state index contributed by atoms with van der Waals surface area (Å²) < 4.78 is 11.3. The zero-order valence-corrected chi connectivity index (χ0v) is 25.6. The smallest absolute Gasteiger partial charge is 0.266 e. The Hall–Kier alpha value is -6.02. The number of fused-ring (bicyclic) bond motifs is 2. The fraction of sp³-hybridized carbons (Fsp3) is 0.105. The normalized spacial score (nSPS) is 13.7. The van der Waals surface area contributed by atoms with E-state index >= 15 is 0 Å². The lowest BCUT2D eigenvalue weighted by Crippen LogP contribution is -2.31. The van der Waals surface area contributed by atoms with Gasteiger partial charge in [-0.3, -0.25) is 19.2 Å². The number of methoxy groups -OCH3 is 2. The Balaban J connectivity index is 1.25. The van der Waals surface area contributed by atoms with Crippen molar-refractivity contribution in [1.82, 2.24) is 0 Å². The molecular formula is C38H28N2O6. The SMILES string of the molecule is COc1cc(N2C(=O)c3ccc(-c4ccc(C)cc4)cc3C2=O)cc(OC)c1N1C(=O)c2ccc(-c3ccc(C)cc3)cc2C1=O. The number of imide groups is 2. The molecule has 46 heavy (non-hydrogen) atoms. The fourth-order valence-electron chi connectivity index (χ4n) is 6.00. The van der Waals surface area contributed by atoms with Gasteiger partial charge in [-0.05, 0) is 60.4 Å². The summed E-state index contributed by atoms with van der Waals surface area (Å²) in [6.07, 6.45) is 0. The van der Waals surface area contributed by atoms with E-state index in [1.54, 1.807) is 24.3 Å². The van der Waals surface area contributed by atoms with Crippen molar-refractivity contribution >= 4 is 35.0 Å². The molecule has 0 saturated carbocycles. The van der Waals surface area contributed by atoms with Gasteiger partial charge in [0.05, 0.1) is 42.2 Å². The quantitative estimate of drug-likeness (QED) is 0.189. The molecule has 2 heterocycles. The van der Waals surface area contributed by atoms with E-state index in [0.717, 1.165) is 43.2 Å². The highest BCUT2D eigenvalue weighted by Gasteiger charge is 2.42.